The maximum absolute atomic E-state index is 12.6. The summed E-state index contributed by atoms with van der Waals surface area (Å²) in [5.74, 6) is 0.189. The number of benzene rings is 1. The Morgan fingerprint density at radius 3 is 2.35 bits per heavy atom. The largest absolute Gasteiger partial charge is 0.417 e. The van der Waals surface area contributed by atoms with Crippen molar-refractivity contribution in [2.75, 3.05) is 37.6 Å². The molecule has 2 aromatic rings. The van der Waals surface area contributed by atoms with Crippen LogP contribution < -0.4 is 9.62 Å². The van der Waals surface area contributed by atoms with Crippen LogP contribution in [-0.4, -0.2) is 56.9 Å². The molecule has 1 aromatic carbocycles. The Morgan fingerprint density at radius 2 is 1.77 bits per heavy atom. The Labute approximate surface area is 182 Å². The average Bonchev–Trinajstić information content (AvgIpc) is 2.73. The first-order chi connectivity index (χ1) is 14.6. The molecule has 1 aliphatic rings. The normalized spacial score (nSPS) is 15.2. The number of anilines is 1. The number of nitrogens with zero attached hydrogens (tertiary/aromatic N) is 3. The van der Waals surface area contributed by atoms with Crippen molar-refractivity contribution in [1.29, 1.82) is 0 Å². The third-order valence-corrected chi connectivity index (χ3v) is 6.75. The molecule has 1 aromatic heterocycles. The van der Waals surface area contributed by atoms with Crippen LogP contribution in [0.1, 0.15) is 12.0 Å². The quantitative estimate of drug-likeness (QED) is 0.693. The van der Waals surface area contributed by atoms with Crippen molar-refractivity contribution in [2.45, 2.75) is 17.5 Å². The highest BCUT2D eigenvalue weighted by atomic mass is 35.5. The molecule has 3 rings (SSSR count). The van der Waals surface area contributed by atoms with Crippen molar-refractivity contribution in [2.24, 2.45) is 0 Å². The van der Waals surface area contributed by atoms with E-state index in [1.807, 2.05) is 0 Å². The Bertz CT molecular complexity index is 1020. The minimum absolute atomic E-state index is 0.0256. The average molecular weight is 477 g/mol. The second-order valence-electron chi connectivity index (χ2n) is 6.85. The lowest BCUT2D eigenvalue weighted by molar-refractivity contribution is -0.137. The van der Waals surface area contributed by atoms with E-state index in [9.17, 15) is 26.4 Å². The van der Waals surface area contributed by atoms with Crippen LogP contribution in [-0.2, 0) is 21.0 Å². The van der Waals surface area contributed by atoms with Crippen LogP contribution in [0.15, 0.2) is 47.5 Å². The van der Waals surface area contributed by atoms with Gasteiger partial charge in [0.05, 0.1) is 10.6 Å². The summed E-state index contributed by atoms with van der Waals surface area (Å²) in [5, 5.41) is 0.0920. The molecular weight excluding hydrogens is 457 g/mol. The van der Waals surface area contributed by atoms with Gasteiger partial charge in [0.25, 0.3) is 0 Å². The molecule has 1 N–H and O–H groups in total. The summed E-state index contributed by atoms with van der Waals surface area (Å²) < 4.78 is 64.9. The van der Waals surface area contributed by atoms with E-state index in [0.29, 0.717) is 32.0 Å². The van der Waals surface area contributed by atoms with E-state index >= 15 is 0 Å². The lowest BCUT2D eigenvalue weighted by atomic mass is 10.2. The minimum Gasteiger partial charge on any atom is -0.353 e. The molecule has 0 spiro atoms. The molecule has 1 saturated heterocycles. The van der Waals surface area contributed by atoms with Crippen molar-refractivity contribution in [1.82, 2.24) is 14.6 Å². The molecule has 1 aliphatic heterocycles. The fraction of sp³-hybridized carbons (Fsp3) is 0.368. The zero-order valence-corrected chi connectivity index (χ0v) is 17.8. The van der Waals surface area contributed by atoms with Crippen LogP contribution >= 0.6 is 11.6 Å². The van der Waals surface area contributed by atoms with Crippen molar-refractivity contribution in [3.8, 4) is 0 Å². The summed E-state index contributed by atoms with van der Waals surface area (Å²) in [5.41, 5.74) is -0.815. The van der Waals surface area contributed by atoms with Gasteiger partial charge in [-0.05, 0) is 24.3 Å². The monoisotopic (exact) mass is 476 g/mol. The van der Waals surface area contributed by atoms with Gasteiger partial charge in [0.15, 0.2) is 0 Å². The predicted octanol–water partition coefficient (Wildman–Crippen LogP) is 2.77. The number of amides is 1. The van der Waals surface area contributed by atoms with E-state index in [2.05, 4.69) is 9.71 Å². The maximum atomic E-state index is 12.6. The highest BCUT2D eigenvalue weighted by Gasteiger charge is 2.31. The number of carbonyl (C=O) groups is 1. The first-order valence-corrected chi connectivity index (χ1v) is 11.2. The number of alkyl halides is 3. The van der Waals surface area contributed by atoms with Crippen molar-refractivity contribution in [3.05, 3.63) is 53.2 Å². The molecule has 0 radical (unpaired) electrons. The highest BCUT2D eigenvalue weighted by molar-refractivity contribution is 7.89. The summed E-state index contributed by atoms with van der Waals surface area (Å²) in [7, 11) is -3.83. The number of nitrogens with one attached hydrogen (secondary N) is 1. The van der Waals surface area contributed by atoms with Crippen LogP contribution in [0, 0.1) is 0 Å². The number of sulfonamides is 1. The van der Waals surface area contributed by atoms with E-state index in [4.69, 9.17) is 11.6 Å². The maximum Gasteiger partial charge on any atom is 0.417 e. The number of halogens is 4. The van der Waals surface area contributed by atoms with Gasteiger partial charge in [-0.1, -0.05) is 23.7 Å². The second kappa shape index (κ2) is 9.41. The second-order valence-corrected chi connectivity index (χ2v) is 8.99. The first-order valence-electron chi connectivity index (χ1n) is 9.38. The molecule has 2 heterocycles. The fourth-order valence-corrected chi connectivity index (χ4v) is 4.67. The van der Waals surface area contributed by atoms with Gasteiger partial charge >= 0.3 is 6.18 Å². The van der Waals surface area contributed by atoms with Crippen LogP contribution in [0.5, 0.6) is 0 Å². The SMILES string of the molecule is O=C(CCNS(=O)(=O)c1ccccc1Cl)N1CCN(c2ccc(C(F)(F)F)cn2)CC1. The molecule has 1 amide bonds. The van der Waals surface area contributed by atoms with Crippen LogP contribution in [0.3, 0.4) is 0 Å². The number of hydrogen-bond donors (Lipinski definition) is 1. The number of rotatable bonds is 6. The third-order valence-electron chi connectivity index (χ3n) is 4.79. The van der Waals surface area contributed by atoms with Crippen molar-refractivity contribution >= 4 is 33.3 Å². The van der Waals surface area contributed by atoms with Gasteiger partial charge in [-0.25, -0.2) is 18.1 Å². The standard InChI is InChI=1S/C19H20ClF3N4O3S/c20-15-3-1-2-4-16(15)31(29,30)25-8-7-18(28)27-11-9-26(10-12-27)17-6-5-14(13-24-17)19(21,22)23/h1-6,13,25H,7-12H2. The Morgan fingerprint density at radius 1 is 1.10 bits per heavy atom. The molecule has 12 heteroatoms. The van der Waals surface area contributed by atoms with Gasteiger partial charge in [-0.2, -0.15) is 13.2 Å². The Kier molecular flexibility index (Phi) is 7.07. The summed E-state index contributed by atoms with van der Waals surface area (Å²) >= 11 is 5.91. The van der Waals surface area contributed by atoms with Gasteiger partial charge in [0, 0.05) is 45.3 Å². The molecular formula is C19H20ClF3N4O3S. The molecule has 0 bridgehead atoms. The van der Waals surface area contributed by atoms with Crippen LogP contribution in [0.4, 0.5) is 19.0 Å². The van der Waals surface area contributed by atoms with Gasteiger partial charge in [0.1, 0.15) is 10.7 Å². The smallest absolute Gasteiger partial charge is 0.353 e. The number of aromatic nitrogens is 1. The third kappa shape index (κ3) is 5.86. The first kappa shape index (κ1) is 23.3. The summed E-state index contributed by atoms with van der Waals surface area (Å²) in [4.78, 5) is 19.6. The number of piperazine rings is 1. The molecule has 0 aliphatic carbocycles. The Hall–Kier alpha value is -2.37. The van der Waals surface area contributed by atoms with Gasteiger partial charge in [-0.3, -0.25) is 4.79 Å². The lowest BCUT2D eigenvalue weighted by Crippen LogP contribution is -2.49. The number of pyridine rings is 1. The van der Waals surface area contributed by atoms with E-state index in [1.54, 1.807) is 21.9 Å². The van der Waals surface area contributed by atoms with E-state index in [-0.39, 0.29) is 28.8 Å². The van der Waals surface area contributed by atoms with E-state index in [0.717, 1.165) is 12.3 Å². The molecule has 1 fully saturated rings. The van der Waals surface area contributed by atoms with Crippen molar-refractivity contribution < 1.29 is 26.4 Å². The predicted molar refractivity (Wildman–Crippen MR) is 109 cm³/mol. The summed E-state index contributed by atoms with van der Waals surface area (Å²) in [6.07, 6.45) is -3.68. The van der Waals surface area contributed by atoms with Gasteiger partial charge in [-0.15, -0.1) is 0 Å². The minimum atomic E-state index is -4.44. The number of hydrogen-bond acceptors (Lipinski definition) is 5. The molecule has 7 nitrogen and oxygen atoms in total. The molecule has 31 heavy (non-hydrogen) atoms. The topological polar surface area (TPSA) is 82.6 Å². The van der Waals surface area contributed by atoms with Crippen molar-refractivity contribution in [3.63, 3.8) is 0 Å². The molecule has 0 atom stereocenters. The highest BCUT2D eigenvalue weighted by Crippen LogP contribution is 2.29. The fourth-order valence-electron chi connectivity index (χ4n) is 3.12. The molecule has 168 valence electrons. The lowest BCUT2D eigenvalue weighted by Gasteiger charge is -2.35. The van der Waals surface area contributed by atoms with Crippen LogP contribution in [0.25, 0.3) is 0 Å². The van der Waals surface area contributed by atoms with Gasteiger partial charge < -0.3 is 9.80 Å². The molecule has 0 saturated carbocycles. The van der Waals surface area contributed by atoms with Crippen LogP contribution in [0.2, 0.25) is 5.02 Å². The molecule has 0 unspecified atom stereocenters. The zero-order valence-electron chi connectivity index (χ0n) is 16.3. The summed E-state index contributed by atoms with van der Waals surface area (Å²) in [6.45, 7) is 1.47. The zero-order chi connectivity index (χ0) is 22.6. The Balaban J connectivity index is 1.48. The van der Waals surface area contributed by atoms with E-state index < -0.39 is 21.8 Å². The van der Waals surface area contributed by atoms with E-state index in [1.165, 1.54) is 18.2 Å². The summed E-state index contributed by atoms with van der Waals surface area (Å²) in [6, 6.07) is 8.29. The van der Waals surface area contributed by atoms with Gasteiger partial charge in [0.2, 0.25) is 15.9 Å². The number of carbonyl (C=O) groups excluding carboxylic acids is 1.